The van der Waals surface area contributed by atoms with E-state index in [9.17, 15) is 26.4 Å². The summed E-state index contributed by atoms with van der Waals surface area (Å²) in [5.74, 6) is -0.278. The van der Waals surface area contributed by atoms with Crippen LogP contribution in [0.15, 0.2) is 17.6 Å². The molecule has 1 aromatic carbocycles. The number of ether oxygens (including phenoxy) is 1. The van der Waals surface area contributed by atoms with Crippen LogP contribution in [-0.4, -0.2) is 38.0 Å². The zero-order valence-electron chi connectivity index (χ0n) is 13.1. The zero-order valence-corrected chi connectivity index (χ0v) is 14.7. The largest absolute Gasteiger partial charge is 0.534 e. The topological polar surface area (TPSA) is 94.6 Å². The summed E-state index contributed by atoms with van der Waals surface area (Å²) < 4.78 is 70.1. The molecule has 0 spiro atoms. The molecule has 1 saturated heterocycles. The number of benzene rings is 1. The van der Waals surface area contributed by atoms with Gasteiger partial charge in [-0.25, -0.2) is 4.98 Å². The van der Waals surface area contributed by atoms with Crippen molar-refractivity contribution in [3.8, 4) is 11.5 Å². The average molecular weight is 410 g/mol. The number of halogens is 3. The second-order valence-electron chi connectivity index (χ2n) is 5.62. The predicted molar refractivity (Wildman–Crippen MR) is 86.5 cm³/mol. The molecule has 0 bridgehead atoms. The van der Waals surface area contributed by atoms with E-state index in [-0.39, 0.29) is 29.7 Å². The number of carbonyl (C=O) groups excluding carboxylic acids is 1. The zero-order chi connectivity index (χ0) is 18.9. The highest BCUT2D eigenvalue weighted by atomic mass is 32.2. The summed E-state index contributed by atoms with van der Waals surface area (Å²) in [6.45, 7) is 0.757. The Labute approximate surface area is 150 Å². The van der Waals surface area contributed by atoms with E-state index in [1.54, 1.807) is 0 Å². The van der Waals surface area contributed by atoms with Gasteiger partial charge in [0, 0.05) is 25.1 Å². The molecule has 7 nitrogen and oxygen atoms in total. The molecule has 2 heterocycles. The molecule has 1 amide bonds. The maximum absolute atomic E-state index is 12.5. The maximum atomic E-state index is 12.5. The van der Waals surface area contributed by atoms with Crippen LogP contribution < -0.4 is 14.2 Å². The van der Waals surface area contributed by atoms with Gasteiger partial charge in [0.1, 0.15) is 11.5 Å². The molecule has 1 atom stereocenters. The van der Waals surface area contributed by atoms with Crippen molar-refractivity contribution in [2.75, 3.05) is 13.2 Å². The number of aromatic nitrogens is 1. The molecule has 26 heavy (non-hydrogen) atoms. The monoisotopic (exact) mass is 410 g/mol. The molecule has 3 rings (SSSR count). The lowest BCUT2D eigenvalue weighted by Crippen LogP contribution is -2.28. The lowest BCUT2D eigenvalue weighted by molar-refractivity contribution is -0.119. The molecule has 1 N–H and O–H groups in total. The number of rotatable bonds is 6. The Bertz CT molecular complexity index is 926. The first-order valence-corrected chi connectivity index (χ1v) is 9.72. The Balaban J connectivity index is 1.76. The van der Waals surface area contributed by atoms with Crippen LogP contribution in [0.25, 0.3) is 10.2 Å². The fourth-order valence-corrected chi connectivity index (χ4v) is 3.63. The van der Waals surface area contributed by atoms with Crippen LogP contribution in [0.4, 0.5) is 13.2 Å². The minimum Gasteiger partial charge on any atom is -0.492 e. The molecule has 142 valence electrons. The molecule has 2 aromatic rings. The van der Waals surface area contributed by atoms with Gasteiger partial charge < -0.3 is 14.2 Å². The number of nitrogens with zero attached hydrogens (tertiary/aromatic N) is 1. The van der Waals surface area contributed by atoms with Crippen LogP contribution in [0.3, 0.4) is 0 Å². The fourth-order valence-electron chi connectivity index (χ4n) is 2.45. The van der Waals surface area contributed by atoms with Crippen LogP contribution in [-0.2, 0) is 14.9 Å². The third-order valence-electron chi connectivity index (χ3n) is 3.71. The number of carbonyl (C=O) groups is 1. The van der Waals surface area contributed by atoms with Crippen LogP contribution in [0.2, 0.25) is 0 Å². The standard InChI is InChI=1S/C14H13F3N2O5S2/c15-14(16,17)26(21,22)24-9-4-10-13(25-7-19-10)11(5-9)23-2-1-8-3-12(20)18-6-8/h4-5,7-8H,1-3,6H2,(H,18,20)/t8-/m1/s1. The van der Waals surface area contributed by atoms with Crippen molar-refractivity contribution in [2.45, 2.75) is 18.3 Å². The second-order valence-corrected chi connectivity index (χ2v) is 8.01. The third kappa shape index (κ3) is 4.01. The van der Waals surface area contributed by atoms with E-state index in [0.29, 0.717) is 24.1 Å². The van der Waals surface area contributed by atoms with E-state index in [2.05, 4.69) is 14.5 Å². The van der Waals surface area contributed by atoms with Gasteiger partial charge in [0.05, 0.1) is 22.3 Å². The van der Waals surface area contributed by atoms with E-state index in [4.69, 9.17) is 4.74 Å². The molecule has 0 radical (unpaired) electrons. The number of amides is 1. The van der Waals surface area contributed by atoms with Crippen molar-refractivity contribution in [3.63, 3.8) is 0 Å². The highest BCUT2D eigenvalue weighted by molar-refractivity contribution is 7.88. The Morgan fingerprint density at radius 3 is 2.77 bits per heavy atom. The van der Waals surface area contributed by atoms with Crippen molar-refractivity contribution in [3.05, 3.63) is 17.6 Å². The molecular weight excluding hydrogens is 397 g/mol. The SMILES string of the molecule is O=C1C[C@@H](CCOc2cc(OS(=O)(=O)C(F)(F)F)cc3ncsc23)CN1. The van der Waals surface area contributed by atoms with Gasteiger partial charge in [0.25, 0.3) is 0 Å². The van der Waals surface area contributed by atoms with Crippen molar-refractivity contribution in [1.82, 2.24) is 10.3 Å². The van der Waals surface area contributed by atoms with Gasteiger partial charge >= 0.3 is 15.6 Å². The minimum atomic E-state index is -5.78. The molecule has 0 unspecified atom stereocenters. The molecule has 1 fully saturated rings. The Hall–Kier alpha value is -2.08. The van der Waals surface area contributed by atoms with Crippen LogP contribution >= 0.6 is 11.3 Å². The molecule has 0 aliphatic carbocycles. The minimum absolute atomic E-state index is 0.0346. The number of thiazole rings is 1. The molecule has 1 aromatic heterocycles. The van der Waals surface area contributed by atoms with Crippen molar-refractivity contribution < 1.29 is 35.3 Å². The summed E-state index contributed by atoms with van der Waals surface area (Å²) in [7, 11) is -5.78. The van der Waals surface area contributed by atoms with E-state index >= 15 is 0 Å². The van der Waals surface area contributed by atoms with Gasteiger partial charge in [0.15, 0.2) is 0 Å². The molecular formula is C14H13F3N2O5S2. The fraction of sp³-hybridized carbons (Fsp3) is 0.429. The Morgan fingerprint density at radius 1 is 1.35 bits per heavy atom. The quantitative estimate of drug-likeness (QED) is 0.581. The number of hydrogen-bond acceptors (Lipinski definition) is 7. The Morgan fingerprint density at radius 2 is 2.12 bits per heavy atom. The van der Waals surface area contributed by atoms with Gasteiger partial charge in [-0.15, -0.1) is 11.3 Å². The van der Waals surface area contributed by atoms with Gasteiger partial charge in [-0.1, -0.05) is 0 Å². The summed E-state index contributed by atoms with van der Waals surface area (Å²) in [5.41, 5.74) is -3.82. The molecule has 1 aliphatic rings. The second kappa shape index (κ2) is 6.91. The van der Waals surface area contributed by atoms with Crippen molar-refractivity contribution >= 4 is 37.6 Å². The highest BCUT2D eigenvalue weighted by Gasteiger charge is 2.48. The summed E-state index contributed by atoms with van der Waals surface area (Å²) >= 11 is 1.20. The smallest absolute Gasteiger partial charge is 0.492 e. The van der Waals surface area contributed by atoms with Gasteiger partial charge in [-0.3, -0.25) is 4.79 Å². The summed E-state index contributed by atoms with van der Waals surface area (Å²) in [6, 6.07) is 2.18. The maximum Gasteiger partial charge on any atom is 0.534 e. The summed E-state index contributed by atoms with van der Waals surface area (Å²) in [4.78, 5) is 15.1. The van der Waals surface area contributed by atoms with Gasteiger partial charge in [0.2, 0.25) is 5.91 Å². The van der Waals surface area contributed by atoms with E-state index in [0.717, 1.165) is 12.1 Å². The normalized spacial score (nSPS) is 18.1. The first kappa shape index (κ1) is 18.7. The summed E-state index contributed by atoms with van der Waals surface area (Å²) in [5, 5.41) is 2.70. The van der Waals surface area contributed by atoms with Crippen molar-refractivity contribution in [2.24, 2.45) is 5.92 Å². The summed E-state index contributed by atoms with van der Waals surface area (Å²) in [6.07, 6.45) is 0.956. The molecule has 0 saturated carbocycles. The lowest BCUT2D eigenvalue weighted by atomic mass is 10.1. The van der Waals surface area contributed by atoms with Crippen molar-refractivity contribution in [1.29, 1.82) is 0 Å². The number of nitrogens with one attached hydrogen (secondary N) is 1. The highest BCUT2D eigenvalue weighted by Crippen LogP contribution is 2.36. The Kier molecular flexibility index (Phi) is 4.97. The van der Waals surface area contributed by atoms with Crippen LogP contribution in [0, 0.1) is 5.92 Å². The first-order valence-electron chi connectivity index (χ1n) is 7.43. The lowest BCUT2D eigenvalue weighted by Gasteiger charge is -2.13. The van der Waals surface area contributed by atoms with E-state index in [1.165, 1.54) is 16.8 Å². The van der Waals surface area contributed by atoms with Crippen LogP contribution in [0.1, 0.15) is 12.8 Å². The van der Waals surface area contributed by atoms with Gasteiger partial charge in [-0.2, -0.15) is 21.6 Å². The molecule has 1 aliphatic heterocycles. The predicted octanol–water partition coefficient (Wildman–Crippen LogP) is 2.43. The number of fused-ring (bicyclic) bond motifs is 1. The third-order valence-corrected chi connectivity index (χ3v) is 5.54. The number of hydrogen-bond donors (Lipinski definition) is 1. The number of alkyl halides is 3. The first-order chi connectivity index (χ1) is 12.2. The van der Waals surface area contributed by atoms with Gasteiger partial charge in [-0.05, 0) is 12.3 Å². The average Bonchev–Trinajstić information content (AvgIpc) is 3.14. The molecule has 12 heteroatoms. The van der Waals surface area contributed by atoms with Crippen LogP contribution in [0.5, 0.6) is 11.5 Å². The van der Waals surface area contributed by atoms with E-state index < -0.39 is 21.4 Å². The van der Waals surface area contributed by atoms with E-state index in [1.807, 2.05) is 0 Å².